The van der Waals surface area contributed by atoms with Gasteiger partial charge in [0.15, 0.2) is 0 Å². The van der Waals surface area contributed by atoms with E-state index in [2.05, 4.69) is 0 Å². The van der Waals surface area contributed by atoms with Crippen molar-refractivity contribution >= 4 is 50.1 Å². The number of hydrogen-bond acceptors (Lipinski definition) is 6. The molecule has 0 saturated heterocycles. The van der Waals surface area contributed by atoms with E-state index in [1.165, 1.54) is 40.5 Å². The van der Waals surface area contributed by atoms with Crippen LogP contribution in [0.25, 0.3) is 0 Å². The van der Waals surface area contributed by atoms with E-state index in [9.17, 15) is 8.42 Å². The number of hydrogen-bond donors (Lipinski definition) is 2. The summed E-state index contributed by atoms with van der Waals surface area (Å²) in [7, 11) is -3.50. The third-order valence-corrected chi connectivity index (χ3v) is 7.90. The summed E-state index contributed by atoms with van der Waals surface area (Å²) < 4.78 is 25.8. The molecule has 0 aliphatic carbocycles. The van der Waals surface area contributed by atoms with Crippen molar-refractivity contribution in [2.24, 2.45) is 5.73 Å². The van der Waals surface area contributed by atoms with E-state index in [4.69, 9.17) is 11.1 Å². The van der Waals surface area contributed by atoms with Crippen molar-refractivity contribution in [2.75, 3.05) is 6.26 Å². The minimum Gasteiger partial charge on any atom is -0.383 e. The van der Waals surface area contributed by atoms with Gasteiger partial charge < -0.3 is 5.73 Å². The molecule has 2 aromatic rings. The van der Waals surface area contributed by atoms with Crippen LogP contribution in [0, 0.1) is 5.41 Å². The minimum atomic E-state index is -3.50. The van der Waals surface area contributed by atoms with Gasteiger partial charge in [0.2, 0.25) is 9.84 Å². The third kappa shape index (κ3) is 2.33. The molecule has 0 unspecified atom stereocenters. The topological polar surface area (TPSA) is 84.0 Å². The van der Waals surface area contributed by atoms with E-state index in [-0.39, 0.29) is 10.7 Å². The lowest BCUT2D eigenvalue weighted by atomic mass is 10.4. The first-order valence-corrected chi connectivity index (χ1v) is 9.18. The van der Waals surface area contributed by atoms with Crippen LogP contribution in [0.4, 0.5) is 0 Å². The molecule has 2 aromatic heterocycles. The number of nitrogens with two attached hydrogens (primary N) is 1. The molecule has 4 nitrogen and oxygen atoms in total. The molecule has 0 radical (unpaired) electrons. The fourth-order valence-electron chi connectivity index (χ4n) is 1.34. The maximum Gasteiger partial charge on any atom is 0.217 e. The summed E-state index contributed by atoms with van der Waals surface area (Å²) in [6.07, 6.45) is 1.81. The predicted molar refractivity (Wildman–Crippen MR) is 76.9 cm³/mol. The lowest BCUT2D eigenvalue weighted by Gasteiger charge is -2.00. The molecule has 18 heavy (non-hydrogen) atoms. The Morgan fingerprint density at radius 2 is 2.22 bits per heavy atom. The molecule has 0 aromatic carbocycles. The number of amidine groups is 1. The third-order valence-electron chi connectivity index (χ3n) is 2.17. The summed E-state index contributed by atoms with van der Waals surface area (Å²) >= 11 is 3.76. The van der Waals surface area contributed by atoms with Crippen molar-refractivity contribution in [1.29, 1.82) is 5.41 Å². The summed E-state index contributed by atoms with van der Waals surface area (Å²) in [4.78, 5) is 0.724. The molecule has 0 fully saturated rings. The SMILES string of the molecule is CSc1sc(C(=N)N)cc1S(=O)(=O)c1cccs1. The van der Waals surface area contributed by atoms with Crippen molar-refractivity contribution in [3.63, 3.8) is 0 Å². The molecule has 96 valence electrons. The van der Waals surface area contributed by atoms with E-state index in [0.29, 0.717) is 13.3 Å². The molecule has 0 aliphatic heterocycles. The highest BCUT2D eigenvalue weighted by molar-refractivity contribution is 8.01. The molecule has 0 aliphatic rings. The first-order valence-electron chi connectivity index (χ1n) is 4.77. The van der Waals surface area contributed by atoms with Gasteiger partial charge in [-0.05, 0) is 23.8 Å². The minimum absolute atomic E-state index is 0.108. The molecule has 0 atom stereocenters. The summed E-state index contributed by atoms with van der Waals surface area (Å²) in [6.45, 7) is 0. The maximum absolute atomic E-state index is 12.4. The standard InChI is InChI=1S/C10H10N2O2S4/c1-15-10-7(5-6(17-10)9(11)12)18(13,14)8-3-2-4-16-8/h2-5H,1H3,(H3,11,12). The zero-order chi connectivity index (χ0) is 13.3. The van der Waals surface area contributed by atoms with Gasteiger partial charge in [0, 0.05) is 0 Å². The molecule has 0 spiro atoms. The Morgan fingerprint density at radius 1 is 1.50 bits per heavy atom. The quantitative estimate of drug-likeness (QED) is 0.515. The normalized spacial score (nSPS) is 11.6. The highest BCUT2D eigenvalue weighted by atomic mass is 32.2. The molecule has 2 rings (SSSR count). The van der Waals surface area contributed by atoms with Crippen LogP contribution in [-0.2, 0) is 9.84 Å². The monoisotopic (exact) mass is 318 g/mol. The van der Waals surface area contributed by atoms with E-state index in [0.717, 1.165) is 0 Å². The summed E-state index contributed by atoms with van der Waals surface area (Å²) in [5, 5.41) is 9.11. The van der Waals surface area contributed by atoms with Crippen LogP contribution in [-0.4, -0.2) is 20.5 Å². The fraction of sp³-hybridized carbons (Fsp3) is 0.100. The highest BCUT2D eigenvalue weighted by Crippen LogP contribution is 2.37. The van der Waals surface area contributed by atoms with E-state index in [1.54, 1.807) is 17.5 Å². The van der Waals surface area contributed by atoms with Crippen LogP contribution in [0.1, 0.15) is 4.88 Å². The Kier molecular flexibility index (Phi) is 3.81. The number of thioether (sulfide) groups is 1. The van der Waals surface area contributed by atoms with Crippen molar-refractivity contribution in [2.45, 2.75) is 13.3 Å². The van der Waals surface area contributed by atoms with Crippen LogP contribution < -0.4 is 5.73 Å². The molecular formula is C10H10N2O2S4. The number of nitrogens with one attached hydrogen (secondary N) is 1. The van der Waals surface area contributed by atoms with Crippen LogP contribution in [0.3, 0.4) is 0 Å². The molecule has 3 N–H and O–H groups in total. The van der Waals surface area contributed by atoms with Crippen molar-refractivity contribution < 1.29 is 8.42 Å². The van der Waals surface area contributed by atoms with Crippen LogP contribution >= 0.6 is 34.4 Å². The van der Waals surface area contributed by atoms with Gasteiger partial charge in [0.1, 0.15) is 10.0 Å². The summed E-state index contributed by atoms with van der Waals surface area (Å²) in [5.41, 5.74) is 5.40. The van der Waals surface area contributed by atoms with Crippen LogP contribution in [0.5, 0.6) is 0 Å². The lowest BCUT2D eigenvalue weighted by Crippen LogP contribution is -2.08. The van der Waals surface area contributed by atoms with Gasteiger partial charge in [-0.3, -0.25) is 5.41 Å². The van der Waals surface area contributed by atoms with Gasteiger partial charge >= 0.3 is 0 Å². The van der Waals surface area contributed by atoms with Gasteiger partial charge in [0.05, 0.1) is 14.0 Å². The molecule has 2 heterocycles. The number of thiophene rings is 2. The van der Waals surface area contributed by atoms with Crippen molar-refractivity contribution in [3.8, 4) is 0 Å². The Bertz CT molecular complexity index is 671. The lowest BCUT2D eigenvalue weighted by molar-refractivity contribution is 0.597. The summed E-state index contributed by atoms with van der Waals surface area (Å²) in [6, 6.07) is 4.76. The second-order valence-corrected chi connectivity index (χ2v) is 8.54. The zero-order valence-corrected chi connectivity index (χ0v) is 12.6. The fourth-order valence-corrected chi connectivity index (χ4v) is 6.32. The maximum atomic E-state index is 12.4. The zero-order valence-electron chi connectivity index (χ0n) is 9.34. The Morgan fingerprint density at radius 3 is 2.72 bits per heavy atom. The summed E-state index contributed by atoms with van der Waals surface area (Å²) in [5.74, 6) is -0.108. The number of rotatable bonds is 4. The van der Waals surface area contributed by atoms with Crippen molar-refractivity contribution in [3.05, 3.63) is 28.5 Å². The van der Waals surface area contributed by atoms with Gasteiger partial charge in [0.25, 0.3) is 0 Å². The first kappa shape index (κ1) is 13.6. The average molecular weight is 318 g/mol. The second kappa shape index (κ2) is 5.04. The van der Waals surface area contributed by atoms with E-state index in [1.807, 2.05) is 6.26 Å². The molecule has 0 saturated carbocycles. The molecular weight excluding hydrogens is 308 g/mol. The van der Waals surface area contributed by atoms with Gasteiger partial charge in [-0.2, -0.15) is 0 Å². The number of sulfone groups is 1. The molecule has 8 heteroatoms. The van der Waals surface area contributed by atoms with E-state index < -0.39 is 9.84 Å². The van der Waals surface area contributed by atoms with Gasteiger partial charge in [-0.1, -0.05) is 6.07 Å². The largest absolute Gasteiger partial charge is 0.383 e. The van der Waals surface area contributed by atoms with Gasteiger partial charge in [-0.15, -0.1) is 34.4 Å². The molecule has 0 bridgehead atoms. The van der Waals surface area contributed by atoms with Gasteiger partial charge in [-0.25, -0.2) is 8.42 Å². The van der Waals surface area contributed by atoms with E-state index >= 15 is 0 Å². The average Bonchev–Trinajstić information content (AvgIpc) is 2.98. The molecule has 0 amide bonds. The highest BCUT2D eigenvalue weighted by Gasteiger charge is 2.25. The smallest absolute Gasteiger partial charge is 0.217 e. The van der Waals surface area contributed by atoms with Crippen molar-refractivity contribution in [1.82, 2.24) is 0 Å². The second-order valence-electron chi connectivity index (χ2n) is 3.32. The van der Waals surface area contributed by atoms with Crippen LogP contribution in [0.15, 0.2) is 36.9 Å². The Balaban J connectivity index is 2.61. The Hall–Kier alpha value is -0.830. The van der Waals surface area contributed by atoms with Crippen LogP contribution in [0.2, 0.25) is 0 Å². The first-order chi connectivity index (χ1) is 8.46. The number of nitrogen functional groups attached to an aromatic ring is 1. The Labute approximate surface area is 117 Å². The predicted octanol–water partition coefficient (Wildman–Crippen LogP) is 2.65.